The molecule has 0 aliphatic carbocycles. The third kappa shape index (κ3) is 12.0. The number of benzene rings is 4. The summed E-state index contributed by atoms with van der Waals surface area (Å²) in [6.45, 7) is 1.89. The van der Waals surface area contributed by atoms with Crippen molar-refractivity contribution in [3.63, 3.8) is 0 Å². The molecule has 0 aliphatic rings. The molecule has 14 nitrogen and oxygen atoms in total. The Hall–Kier alpha value is -9.35. The van der Waals surface area contributed by atoms with Crippen LogP contribution in [0.4, 0.5) is 0 Å². The molecule has 4 aromatic carbocycles. The summed E-state index contributed by atoms with van der Waals surface area (Å²) in [7, 11) is 0. The quantitative estimate of drug-likeness (QED) is 0.118. The molecule has 15 rings (SSSR count). The number of hydrogen-bond acceptors (Lipinski definition) is 14. The first-order chi connectivity index (χ1) is 37.2. The van der Waals surface area contributed by atoms with Crippen molar-refractivity contribution in [2.24, 2.45) is 0 Å². The summed E-state index contributed by atoms with van der Waals surface area (Å²) >= 11 is 0. The van der Waals surface area contributed by atoms with Crippen LogP contribution in [0.15, 0.2) is 239 Å². The van der Waals surface area contributed by atoms with E-state index in [-0.39, 0.29) is 39.0 Å². The van der Waals surface area contributed by atoms with E-state index in [1.807, 2.05) is 55.5 Å². The Bertz CT molecular complexity index is 3780. The Kier molecular flexibility index (Phi) is 17.2. The van der Waals surface area contributed by atoms with Crippen molar-refractivity contribution in [3.05, 3.63) is 244 Å². The van der Waals surface area contributed by atoms with E-state index in [0.29, 0.717) is 22.8 Å². The molecule has 0 saturated carbocycles. The zero-order valence-electron chi connectivity index (χ0n) is 41.0. The van der Waals surface area contributed by atoms with Gasteiger partial charge in [-0.15, -0.1) is 0 Å². The Morgan fingerprint density at radius 1 is 0.221 bits per heavy atom. The van der Waals surface area contributed by atoms with Gasteiger partial charge in [0.05, 0.1) is 56.0 Å². The number of hydrogen-bond donors (Lipinski definition) is 0. The van der Waals surface area contributed by atoms with Crippen LogP contribution in [0.2, 0.25) is 0 Å². The number of aromatic nitrogens is 14. The molecule has 0 unspecified atom stereocenters. The predicted molar refractivity (Wildman–Crippen MR) is 297 cm³/mol. The molecule has 0 spiro atoms. The molecule has 11 aromatic heterocycles. The smallest absolute Gasteiger partial charge is 0.118 e. The fourth-order valence-electron chi connectivity index (χ4n) is 8.48. The largest absolute Gasteiger partial charge is 0.261 e. The van der Waals surface area contributed by atoms with Crippen LogP contribution < -0.4 is 0 Å². The van der Waals surface area contributed by atoms with E-state index in [9.17, 15) is 0 Å². The molecular formula is C61H42N14Ru2. The second-order valence-corrected chi connectivity index (χ2v) is 16.7. The van der Waals surface area contributed by atoms with Gasteiger partial charge in [-0.2, -0.15) is 0 Å². The van der Waals surface area contributed by atoms with Gasteiger partial charge in [-0.1, -0.05) is 97.1 Å². The Balaban J connectivity index is 0.000000117. The van der Waals surface area contributed by atoms with E-state index in [1.54, 1.807) is 93.0 Å². The maximum Gasteiger partial charge on any atom is 0.118 e. The zero-order valence-corrected chi connectivity index (χ0v) is 44.5. The molecule has 0 fully saturated rings. The normalized spacial score (nSPS) is 10.5. The Morgan fingerprint density at radius 2 is 0.468 bits per heavy atom. The van der Waals surface area contributed by atoms with Crippen LogP contribution in [0.3, 0.4) is 0 Å². The average Bonchev–Trinajstić information content (AvgIpc) is 3.50. The molecule has 0 amide bonds. The van der Waals surface area contributed by atoms with Gasteiger partial charge in [0.2, 0.25) is 0 Å². The topological polar surface area (TPSA) is 180 Å². The van der Waals surface area contributed by atoms with Crippen molar-refractivity contribution in [2.45, 2.75) is 6.92 Å². The zero-order chi connectivity index (χ0) is 50.6. The van der Waals surface area contributed by atoms with E-state index in [4.69, 9.17) is 0 Å². The van der Waals surface area contributed by atoms with Gasteiger partial charge in [0.25, 0.3) is 0 Å². The van der Waals surface area contributed by atoms with E-state index >= 15 is 0 Å². The SMILES string of the molecule is Cc1nccnc1-c1nccnc1-c1cnccn1.[Ru].[Ru].c1cnc2c(c1)ccc1cccnc12.c1cnc2c(c1)ccc1cccnc12.c1cnc2c(c1)ccc1cccnc12.c1cnc2c(c1)ccc1cccnc12. The first-order valence-electron chi connectivity index (χ1n) is 23.9. The van der Waals surface area contributed by atoms with Gasteiger partial charge in [-0.3, -0.25) is 69.8 Å². The summed E-state index contributed by atoms with van der Waals surface area (Å²) in [4.78, 5) is 60.3. The molecular weight excluding hydrogens is 1130 g/mol. The number of pyridine rings is 8. The molecule has 372 valence electrons. The molecule has 16 heteroatoms. The third-order valence-electron chi connectivity index (χ3n) is 12.0. The molecule has 0 saturated heterocycles. The Morgan fingerprint density at radius 3 is 0.727 bits per heavy atom. The fraction of sp³-hybridized carbons (Fsp3) is 0.0164. The summed E-state index contributed by atoms with van der Waals surface area (Å²) in [5, 5.41) is 9.10. The van der Waals surface area contributed by atoms with Gasteiger partial charge in [-0.25, -0.2) is 0 Å². The minimum absolute atomic E-state index is 0. The van der Waals surface area contributed by atoms with Crippen LogP contribution in [0.25, 0.3) is 110 Å². The Labute approximate surface area is 466 Å². The monoisotopic (exact) mass is 1170 g/mol. The predicted octanol–water partition coefficient (Wildman–Crippen LogP) is 12.8. The minimum Gasteiger partial charge on any atom is -0.261 e. The number of nitrogens with zero attached hydrogens (tertiary/aromatic N) is 14. The maximum atomic E-state index is 4.35. The van der Waals surface area contributed by atoms with Crippen molar-refractivity contribution in [3.8, 4) is 22.8 Å². The maximum absolute atomic E-state index is 4.35. The third-order valence-corrected chi connectivity index (χ3v) is 12.0. The average molecular weight is 1170 g/mol. The van der Waals surface area contributed by atoms with Crippen molar-refractivity contribution < 1.29 is 39.0 Å². The molecule has 11 heterocycles. The molecule has 0 bridgehead atoms. The van der Waals surface area contributed by atoms with Crippen LogP contribution in [0.1, 0.15) is 5.69 Å². The van der Waals surface area contributed by atoms with Crippen molar-refractivity contribution in [1.29, 1.82) is 0 Å². The molecule has 0 N–H and O–H groups in total. The summed E-state index contributed by atoms with van der Waals surface area (Å²) in [6, 6.07) is 48.6. The second-order valence-electron chi connectivity index (χ2n) is 16.7. The minimum atomic E-state index is 0. The summed E-state index contributed by atoms with van der Waals surface area (Å²) in [5.41, 5.74) is 11.3. The standard InChI is InChI=1S/C13H10N6.4C12H8N2.2Ru/c1-9-11(17-5-4-15-9)13-12(18-6-7-19-13)10-8-14-2-3-16-10;4*1-3-9-5-6-10-4-2-8-14-12(10)11(9)13-7-1;;/h2-8H,1H3;4*1-8H;;. The van der Waals surface area contributed by atoms with Gasteiger partial charge in [-0.05, 0) is 55.5 Å². The van der Waals surface area contributed by atoms with Crippen molar-refractivity contribution in [1.82, 2.24) is 69.8 Å². The second kappa shape index (κ2) is 25.3. The summed E-state index contributed by atoms with van der Waals surface area (Å²) in [5.74, 6) is 0. The van der Waals surface area contributed by atoms with Crippen LogP contribution in [0.5, 0.6) is 0 Å². The van der Waals surface area contributed by atoms with E-state index in [1.165, 1.54) is 0 Å². The number of rotatable bonds is 2. The summed E-state index contributed by atoms with van der Waals surface area (Å²) < 4.78 is 0. The molecule has 0 aliphatic heterocycles. The first-order valence-corrected chi connectivity index (χ1v) is 23.9. The van der Waals surface area contributed by atoms with Gasteiger partial charge < -0.3 is 0 Å². The van der Waals surface area contributed by atoms with Crippen LogP contribution >= 0.6 is 0 Å². The van der Waals surface area contributed by atoms with E-state index in [2.05, 4.69) is 167 Å². The van der Waals surface area contributed by atoms with Gasteiger partial charge in [0.1, 0.15) is 22.8 Å². The molecule has 77 heavy (non-hydrogen) atoms. The van der Waals surface area contributed by atoms with Crippen LogP contribution in [-0.4, -0.2) is 69.8 Å². The van der Waals surface area contributed by atoms with Crippen molar-refractivity contribution in [2.75, 3.05) is 0 Å². The molecule has 0 atom stereocenters. The number of fused-ring (bicyclic) bond motifs is 12. The fourth-order valence-corrected chi connectivity index (χ4v) is 8.48. The summed E-state index contributed by atoms with van der Waals surface area (Å²) in [6.07, 6.45) is 25.8. The number of aryl methyl sites for hydroxylation is 1. The van der Waals surface area contributed by atoms with E-state index in [0.717, 1.165) is 92.9 Å². The van der Waals surface area contributed by atoms with Crippen LogP contribution in [0, 0.1) is 6.92 Å². The molecule has 0 radical (unpaired) electrons. The van der Waals surface area contributed by atoms with Crippen molar-refractivity contribution >= 4 is 87.2 Å². The van der Waals surface area contributed by atoms with Crippen LogP contribution in [-0.2, 0) is 39.0 Å². The first kappa shape index (κ1) is 52.5. The van der Waals surface area contributed by atoms with Gasteiger partial charge in [0.15, 0.2) is 0 Å². The molecule has 15 aromatic rings. The van der Waals surface area contributed by atoms with Gasteiger partial charge >= 0.3 is 0 Å². The van der Waals surface area contributed by atoms with E-state index < -0.39 is 0 Å². The van der Waals surface area contributed by atoms with Gasteiger partial charge in [0, 0.05) is 169 Å².